The van der Waals surface area contributed by atoms with Crippen molar-refractivity contribution in [3.8, 4) is 0 Å². The van der Waals surface area contributed by atoms with Gasteiger partial charge in [0.25, 0.3) is 0 Å². The van der Waals surface area contributed by atoms with Gasteiger partial charge in [-0.05, 0) is 50.5 Å². The second kappa shape index (κ2) is 10.7. The number of halogens is 2. The SMILES string of the molecule is CC[C@@H](C(=O)NC(C)C)N(Cc1ccc(Cl)c(Cl)c1)C(=O)Cc1ccc(C)cc1. The molecule has 6 heteroatoms. The van der Waals surface area contributed by atoms with Crippen molar-refractivity contribution in [2.24, 2.45) is 0 Å². The fourth-order valence-electron chi connectivity index (χ4n) is 3.12. The summed E-state index contributed by atoms with van der Waals surface area (Å²) in [5.74, 6) is -0.259. The largest absolute Gasteiger partial charge is 0.352 e. The fraction of sp³-hybridized carbons (Fsp3) is 0.391. The molecule has 156 valence electrons. The lowest BCUT2D eigenvalue weighted by atomic mass is 10.1. The first-order valence-electron chi connectivity index (χ1n) is 9.80. The topological polar surface area (TPSA) is 49.4 Å². The zero-order chi connectivity index (χ0) is 21.6. The van der Waals surface area contributed by atoms with E-state index in [0.717, 1.165) is 16.7 Å². The summed E-state index contributed by atoms with van der Waals surface area (Å²) in [4.78, 5) is 27.7. The highest BCUT2D eigenvalue weighted by molar-refractivity contribution is 6.42. The molecule has 0 aliphatic heterocycles. The maximum atomic E-state index is 13.2. The van der Waals surface area contributed by atoms with Crippen LogP contribution in [0.4, 0.5) is 0 Å². The molecule has 0 aliphatic rings. The van der Waals surface area contributed by atoms with Gasteiger partial charge in [-0.1, -0.05) is 66.0 Å². The van der Waals surface area contributed by atoms with E-state index in [9.17, 15) is 9.59 Å². The Kier molecular flexibility index (Phi) is 8.54. The zero-order valence-corrected chi connectivity index (χ0v) is 18.8. The van der Waals surface area contributed by atoms with E-state index in [1.54, 1.807) is 17.0 Å². The van der Waals surface area contributed by atoms with Crippen LogP contribution >= 0.6 is 23.2 Å². The van der Waals surface area contributed by atoms with Crippen molar-refractivity contribution in [2.45, 2.75) is 59.2 Å². The number of benzene rings is 2. The maximum Gasteiger partial charge on any atom is 0.243 e. The second-order valence-corrected chi connectivity index (χ2v) is 8.33. The first kappa shape index (κ1) is 23.2. The molecule has 0 unspecified atom stereocenters. The summed E-state index contributed by atoms with van der Waals surface area (Å²) < 4.78 is 0. The van der Waals surface area contributed by atoms with Gasteiger partial charge in [0, 0.05) is 12.6 Å². The van der Waals surface area contributed by atoms with Crippen molar-refractivity contribution < 1.29 is 9.59 Å². The van der Waals surface area contributed by atoms with E-state index in [4.69, 9.17) is 23.2 Å². The number of rotatable bonds is 8. The van der Waals surface area contributed by atoms with Crippen LogP contribution in [0.1, 0.15) is 43.9 Å². The summed E-state index contributed by atoms with van der Waals surface area (Å²) in [6.45, 7) is 8.01. The van der Waals surface area contributed by atoms with Gasteiger partial charge in [-0.2, -0.15) is 0 Å². The molecule has 1 atom stereocenters. The predicted octanol–water partition coefficient (Wildman–Crippen LogP) is 5.18. The third-order valence-corrected chi connectivity index (χ3v) is 5.37. The number of nitrogens with zero attached hydrogens (tertiary/aromatic N) is 1. The van der Waals surface area contributed by atoms with Crippen LogP contribution in [-0.2, 0) is 22.6 Å². The highest BCUT2D eigenvalue weighted by atomic mass is 35.5. The third-order valence-electron chi connectivity index (χ3n) is 4.63. The molecule has 2 rings (SSSR count). The molecular weight excluding hydrogens is 407 g/mol. The fourth-order valence-corrected chi connectivity index (χ4v) is 3.44. The van der Waals surface area contributed by atoms with Crippen LogP contribution in [0.15, 0.2) is 42.5 Å². The van der Waals surface area contributed by atoms with E-state index in [2.05, 4.69) is 5.32 Å². The lowest BCUT2D eigenvalue weighted by Crippen LogP contribution is -2.50. The van der Waals surface area contributed by atoms with Gasteiger partial charge in [0.05, 0.1) is 16.5 Å². The summed E-state index contributed by atoms with van der Waals surface area (Å²) in [6, 6.07) is 12.6. The standard InChI is InChI=1S/C23H28Cl2N2O2/c1-5-21(23(29)26-15(2)3)27(14-18-10-11-19(24)20(25)12-18)22(28)13-17-8-6-16(4)7-9-17/h6-12,15,21H,5,13-14H2,1-4H3,(H,26,29)/t21-/m0/s1. The van der Waals surface area contributed by atoms with Gasteiger partial charge < -0.3 is 10.2 Å². The van der Waals surface area contributed by atoms with Gasteiger partial charge in [0.15, 0.2) is 0 Å². The first-order valence-corrected chi connectivity index (χ1v) is 10.6. The molecule has 0 fully saturated rings. The van der Waals surface area contributed by atoms with Crippen molar-refractivity contribution in [1.29, 1.82) is 0 Å². The number of nitrogens with one attached hydrogen (secondary N) is 1. The number of aryl methyl sites for hydroxylation is 1. The van der Waals surface area contributed by atoms with Gasteiger partial charge in [-0.3, -0.25) is 9.59 Å². The number of hydrogen-bond acceptors (Lipinski definition) is 2. The quantitative estimate of drug-likeness (QED) is 0.622. The van der Waals surface area contributed by atoms with E-state index >= 15 is 0 Å². The Labute approximate surface area is 183 Å². The van der Waals surface area contributed by atoms with Crippen molar-refractivity contribution in [3.63, 3.8) is 0 Å². The number of hydrogen-bond donors (Lipinski definition) is 1. The second-order valence-electron chi connectivity index (χ2n) is 7.52. The van der Waals surface area contributed by atoms with Crippen molar-refractivity contribution in [2.75, 3.05) is 0 Å². The molecule has 29 heavy (non-hydrogen) atoms. The molecule has 4 nitrogen and oxygen atoms in total. The molecule has 0 aliphatic carbocycles. The molecule has 0 spiro atoms. The van der Waals surface area contributed by atoms with E-state index < -0.39 is 6.04 Å². The van der Waals surface area contributed by atoms with Gasteiger partial charge in [0.2, 0.25) is 11.8 Å². The van der Waals surface area contributed by atoms with Gasteiger partial charge in [-0.25, -0.2) is 0 Å². The highest BCUT2D eigenvalue weighted by Crippen LogP contribution is 2.24. The maximum absolute atomic E-state index is 13.2. The van der Waals surface area contributed by atoms with Gasteiger partial charge >= 0.3 is 0 Å². The van der Waals surface area contributed by atoms with Crippen molar-refractivity contribution in [3.05, 3.63) is 69.2 Å². The summed E-state index contributed by atoms with van der Waals surface area (Å²) in [6.07, 6.45) is 0.743. The molecular formula is C23H28Cl2N2O2. The van der Waals surface area contributed by atoms with Gasteiger partial charge in [0.1, 0.15) is 6.04 Å². The summed E-state index contributed by atoms with van der Waals surface area (Å²) in [5.41, 5.74) is 2.88. The Bertz CT molecular complexity index is 850. The predicted molar refractivity (Wildman–Crippen MR) is 119 cm³/mol. The third kappa shape index (κ3) is 6.76. The molecule has 0 saturated heterocycles. The van der Waals surface area contributed by atoms with Crippen LogP contribution in [0.2, 0.25) is 10.0 Å². The first-order chi connectivity index (χ1) is 13.7. The Morgan fingerprint density at radius 1 is 1.00 bits per heavy atom. The Hall–Kier alpha value is -2.04. The minimum Gasteiger partial charge on any atom is -0.352 e. The van der Waals surface area contributed by atoms with Crippen LogP contribution < -0.4 is 5.32 Å². The molecule has 0 heterocycles. The monoisotopic (exact) mass is 434 g/mol. The van der Waals surface area contributed by atoms with Crippen LogP contribution in [-0.4, -0.2) is 28.8 Å². The van der Waals surface area contributed by atoms with E-state index in [1.165, 1.54) is 0 Å². The Morgan fingerprint density at radius 3 is 2.17 bits per heavy atom. The van der Waals surface area contributed by atoms with E-state index in [-0.39, 0.29) is 30.8 Å². The summed E-state index contributed by atoms with van der Waals surface area (Å²) >= 11 is 12.2. The summed E-state index contributed by atoms with van der Waals surface area (Å²) in [5, 5.41) is 3.81. The lowest BCUT2D eigenvalue weighted by Gasteiger charge is -2.31. The molecule has 0 aromatic heterocycles. The summed E-state index contributed by atoms with van der Waals surface area (Å²) in [7, 11) is 0. The number of amides is 2. The van der Waals surface area contributed by atoms with Crippen LogP contribution in [0.5, 0.6) is 0 Å². The van der Waals surface area contributed by atoms with Crippen molar-refractivity contribution >= 4 is 35.0 Å². The smallest absolute Gasteiger partial charge is 0.243 e. The minimum atomic E-state index is -0.565. The molecule has 2 amide bonds. The molecule has 0 radical (unpaired) electrons. The normalized spacial score (nSPS) is 12.0. The van der Waals surface area contributed by atoms with Crippen LogP contribution in [0.3, 0.4) is 0 Å². The average Bonchev–Trinajstić information content (AvgIpc) is 2.65. The number of carbonyl (C=O) groups is 2. The lowest BCUT2D eigenvalue weighted by molar-refractivity contribution is -0.141. The van der Waals surface area contributed by atoms with Gasteiger partial charge in [-0.15, -0.1) is 0 Å². The minimum absolute atomic E-state index is 0.00410. The van der Waals surface area contributed by atoms with Crippen molar-refractivity contribution in [1.82, 2.24) is 10.2 Å². The molecule has 1 N–H and O–H groups in total. The molecule has 2 aromatic rings. The number of carbonyl (C=O) groups excluding carboxylic acids is 2. The Balaban J connectivity index is 2.31. The average molecular weight is 435 g/mol. The molecule has 2 aromatic carbocycles. The molecule has 0 saturated carbocycles. The zero-order valence-electron chi connectivity index (χ0n) is 17.3. The van der Waals surface area contributed by atoms with E-state index in [0.29, 0.717) is 16.5 Å². The Morgan fingerprint density at radius 2 is 1.62 bits per heavy atom. The van der Waals surface area contributed by atoms with E-state index in [1.807, 2.05) is 58.0 Å². The van der Waals surface area contributed by atoms with Crippen LogP contribution in [0, 0.1) is 6.92 Å². The van der Waals surface area contributed by atoms with Crippen LogP contribution in [0.25, 0.3) is 0 Å². The highest BCUT2D eigenvalue weighted by Gasteiger charge is 2.29. The molecule has 0 bridgehead atoms.